The first-order chi connectivity index (χ1) is 14.7. The Morgan fingerprint density at radius 1 is 0.433 bits per heavy atom. The maximum Gasteiger partial charge on any atom is 0.0972 e. The van der Waals surface area contributed by atoms with Gasteiger partial charge in [-0.25, -0.2) is 9.98 Å². The van der Waals surface area contributed by atoms with E-state index in [-0.39, 0.29) is 0 Å². The standard InChI is InChI=1S/C26H18Cl2N2/c27-21-11-15-23(16-12-21)29-25(19-7-3-1-4-8-19)26(20-9-5-2-6-10-20)30-24-17-13-22(28)14-18-24/h1-18H. The molecule has 0 aliphatic carbocycles. The lowest BCUT2D eigenvalue weighted by atomic mass is 9.99. The van der Waals surface area contributed by atoms with Crippen molar-refractivity contribution in [2.45, 2.75) is 0 Å². The fourth-order valence-electron chi connectivity index (χ4n) is 2.99. The first kappa shape index (κ1) is 20.1. The van der Waals surface area contributed by atoms with Gasteiger partial charge in [0, 0.05) is 21.2 Å². The van der Waals surface area contributed by atoms with Crippen molar-refractivity contribution in [2.75, 3.05) is 0 Å². The molecule has 0 spiro atoms. The number of rotatable bonds is 5. The third-order valence-electron chi connectivity index (χ3n) is 4.45. The van der Waals surface area contributed by atoms with E-state index in [0.29, 0.717) is 10.0 Å². The van der Waals surface area contributed by atoms with E-state index in [9.17, 15) is 0 Å². The van der Waals surface area contributed by atoms with Crippen LogP contribution in [-0.2, 0) is 0 Å². The predicted molar refractivity (Wildman–Crippen MR) is 128 cm³/mol. The molecule has 0 radical (unpaired) electrons. The first-order valence-corrected chi connectivity index (χ1v) is 10.2. The Kier molecular flexibility index (Phi) is 6.38. The molecule has 4 heteroatoms. The Morgan fingerprint density at radius 3 is 1.10 bits per heavy atom. The van der Waals surface area contributed by atoms with Gasteiger partial charge < -0.3 is 0 Å². The highest BCUT2D eigenvalue weighted by Gasteiger charge is 2.15. The molecule has 4 rings (SSSR count). The van der Waals surface area contributed by atoms with E-state index in [1.54, 1.807) is 0 Å². The molecule has 0 atom stereocenters. The lowest BCUT2D eigenvalue weighted by molar-refractivity contribution is 1.47. The van der Waals surface area contributed by atoms with Crippen LogP contribution in [0.2, 0.25) is 10.0 Å². The fourth-order valence-corrected chi connectivity index (χ4v) is 3.24. The van der Waals surface area contributed by atoms with Gasteiger partial charge in [-0.05, 0) is 48.5 Å². The van der Waals surface area contributed by atoms with Crippen LogP contribution < -0.4 is 0 Å². The van der Waals surface area contributed by atoms with Crippen molar-refractivity contribution in [1.82, 2.24) is 0 Å². The molecule has 146 valence electrons. The Balaban J connectivity index is 1.93. The lowest BCUT2D eigenvalue weighted by Crippen LogP contribution is -2.17. The van der Waals surface area contributed by atoms with E-state index < -0.39 is 0 Å². The summed E-state index contributed by atoms with van der Waals surface area (Å²) in [6.45, 7) is 0. The molecule has 30 heavy (non-hydrogen) atoms. The van der Waals surface area contributed by atoms with Crippen molar-refractivity contribution >= 4 is 46.0 Å². The van der Waals surface area contributed by atoms with Crippen molar-refractivity contribution in [2.24, 2.45) is 9.98 Å². The summed E-state index contributed by atoms with van der Waals surface area (Å²) in [5, 5.41) is 1.35. The van der Waals surface area contributed by atoms with E-state index in [1.165, 1.54) is 0 Å². The highest BCUT2D eigenvalue weighted by atomic mass is 35.5. The molecule has 0 aliphatic heterocycles. The average Bonchev–Trinajstić information content (AvgIpc) is 2.80. The molecule has 0 amide bonds. The zero-order chi connectivity index (χ0) is 20.8. The quantitative estimate of drug-likeness (QED) is 0.288. The second kappa shape index (κ2) is 9.53. The number of halogens is 2. The van der Waals surface area contributed by atoms with E-state index in [2.05, 4.69) is 0 Å². The van der Waals surface area contributed by atoms with Gasteiger partial charge >= 0.3 is 0 Å². The molecule has 0 bridgehead atoms. The van der Waals surface area contributed by atoms with Crippen molar-refractivity contribution in [1.29, 1.82) is 0 Å². The molecule has 4 aromatic rings. The summed E-state index contributed by atoms with van der Waals surface area (Å²) in [4.78, 5) is 9.92. The van der Waals surface area contributed by atoms with Gasteiger partial charge in [-0.15, -0.1) is 0 Å². The van der Waals surface area contributed by atoms with Crippen LogP contribution >= 0.6 is 23.2 Å². The minimum absolute atomic E-state index is 0.674. The zero-order valence-corrected chi connectivity index (χ0v) is 17.6. The Hall–Kier alpha value is -3.20. The lowest BCUT2D eigenvalue weighted by Gasteiger charge is -2.12. The number of hydrogen-bond acceptors (Lipinski definition) is 2. The number of nitrogens with zero attached hydrogens (tertiary/aromatic N) is 2. The van der Waals surface area contributed by atoms with Gasteiger partial charge in [0.2, 0.25) is 0 Å². The van der Waals surface area contributed by atoms with Crippen LogP contribution in [0.3, 0.4) is 0 Å². The molecule has 0 N–H and O–H groups in total. The van der Waals surface area contributed by atoms with Gasteiger partial charge in [0.15, 0.2) is 0 Å². The maximum atomic E-state index is 6.06. The summed E-state index contributed by atoms with van der Waals surface area (Å²) < 4.78 is 0. The summed E-state index contributed by atoms with van der Waals surface area (Å²) in [5.74, 6) is 0. The minimum Gasteiger partial charge on any atom is -0.246 e. The molecular formula is C26H18Cl2N2. The van der Waals surface area contributed by atoms with Gasteiger partial charge in [0.1, 0.15) is 0 Å². The maximum absolute atomic E-state index is 6.06. The number of hydrogen-bond donors (Lipinski definition) is 0. The highest BCUT2D eigenvalue weighted by molar-refractivity contribution is 6.54. The minimum atomic E-state index is 0.674. The molecule has 4 aromatic carbocycles. The fraction of sp³-hybridized carbons (Fsp3) is 0. The summed E-state index contributed by atoms with van der Waals surface area (Å²) >= 11 is 12.1. The molecule has 0 aliphatic rings. The third-order valence-corrected chi connectivity index (χ3v) is 4.96. The van der Waals surface area contributed by atoms with Crippen LogP contribution in [0.1, 0.15) is 11.1 Å². The SMILES string of the molecule is Clc1ccc(N=C(C(=Nc2ccc(Cl)cc2)c2ccccc2)c2ccccc2)cc1. The summed E-state index contributed by atoms with van der Waals surface area (Å²) in [7, 11) is 0. The molecule has 0 heterocycles. The van der Waals surface area contributed by atoms with E-state index in [0.717, 1.165) is 33.9 Å². The molecule has 0 fully saturated rings. The van der Waals surface area contributed by atoms with Crippen molar-refractivity contribution < 1.29 is 0 Å². The van der Waals surface area contributed by atoms with Crippen LogP contribution in [0.25, 0.3) is 0 Å². The summed E-state index contributed by atoms with van der Waals surface area (Å²) in [5.41, 5.74) is 5.11. The third kappa shape index (κ3) is 5.04. The highest BCUT2D eigenvalue weighted by Crippen LogP contribution is 2.23. The van der Waals surface area contributed by atoms with Crippen molar-refractivity contribution in [3.8, 4) is 0 Å². The Labute approximate surface area is 186 Å². The molecule has 0 saturated heterocycles. The summed E-state index contributed by atoms with van der Waals surface area (Å²) in [6.07, 6.45) is 0. The van der Waals surface area contributed by atoms with Crippen LogP contribution in [0.5, 0.6) is 0 Å². The second-order valence-corrected chi connectivity index (χ2v) is 7.48. The summed E-state index contributed by atoms with van der Waals surface area (Å²) in [6, 6.07) is 35.0. The van der Waals surface area contributed by atoms with E-state index >= 15 is 0 Å². The largest absolute Gasteiger partial charge is 0.246 e. The van der Waals surface area contributed by atoms with Gasteiger partial charge in [-0.3, -0.25) is 0 Å². The van der Waals surface area contributed by atoms with Gasteiger partial charge in [0.05, 0.1) is 22.8 Å². The van der Waals surface area contributed by atoms with Crippen LogP contribution in [-0.4, -0.2) is 11.4 Å². The number of benzene rings is 4. The zero-order valence-electron chi connectivity index (χ0n) is 16.0. The van der Waals surface area contributed by atoms with Gasteiger partial charge in [-0.1, -0.05) is 83.9 Å². The Morgan fingerprint density at radius 2 is 0.767 bits per heavy atom. The second-order valence-electron chi connectivity index (χ2n) is 6.61. The van der Waals surface area contributed by atoms with Crippen LogP contribution in [0.4, 0.5) is 11.4 Å². The van der Waals surface area contributed by atoms with Crippen molar-refractivity contribution in [3.05, 3.63) is 130 Å². The van der Waals surface area contributed by atoms with Gasteiger partial charge in [-0.2, -0.15) is 0 Å². The number of aliphatic imine (C=N–C) groups is 2. The predicted octanol–water partition coefficient (Wildman–Crippen LogP) is 7.94. The topological polar surface area (TPSA) is 24.7 Å². The normalized spacial score (nSPS) is 12.1. The molecule has 2 nitrogen and oxygen atoms in total. The Bertz CT molecular complexity index is 1070. The first-order valence-electron chi connectivity index (χ1n) is 9.49. The van der Waals surface area contributed by atoms with Crippen LogP contribution in [0, 0.1) is 0 Å². The average molecular weight is 429 g/mol. The molecule has 0 saturated carbocycles. The monoisotopic (exact) mass is 428 g/mol. The van der Waals surface area contributed by atoms with Gasteiger partial charge in [0.25, 0.3) is 0 Å². The van der Waals surface area contributed by atoms with E-state index in [1.807, 2.05) is 109 Å². The molecular weight excluding hydrogens is 411 g/mol. The van der Waals surface area contributed by atoms with Crippen LogP contribution in [0.15, 0.2) is 119 Å². The smallest absolute Gasteiger partial charge is 0.0972 e. The molecule has 0 unspecified atom stereocenters. The van der Waals surface area contributed by atoms with Crippen molar-refractivity contribution in [3.63, 3.8) is 0 Å². The molecule has 0 aromatic heterocycles. The van der Waals surface area contributed by atoms with E-state index in [4.69, 9.17) is 33.2 Å².